The van der Waals surface area contributed by atoms with Crippen LogP contribution in [0.4, 0.5) is 0 Å². The normalized spacial score (nSPS) is 29.7. The zero-order valence-corrected chi connectivity index (χ0v) is 13.1. The van der Waals surface area contributed by atoms with Crippen molar-refractivity contribution in [2.45, 2.75) is 44.3 Å². The Morgan fingerprint density at radius 2 is 1.90 bits per heavy atom. The first kappa shape index (κ1) is 13.6. The summed E-state index contributed by atoms with van der Waals surface area (Å²) >= 11 is 7.46. The quantitative estimate of drug-likeness (QED) is 0.924. The first-order valence-corrected chi connectivity index (χ1v) is 8.68. The third kappa shape index (κ3) is 2.57. The molecule has 21 heavy (non-hydrogen) atoms. The maximum Gasteiger partial charge on any atom is 0.246 e. The first-order valence-electron chi connectivity index (χ1n) is 7.48. The third-order valence-corrected chi connectivity index (χ3v) is 5.78. The van der Waals surface area contributed by atoms with E-state index in [1.807, 2.05) is 17.0 Å². The molecule has 2 amide bonds. The fourth-order valence-corrected chi connectivity index (χ4v) is 4.25. The van der Waals surface area contributed by atoms with Crippen molar-refractivity contribution in [3.8, 4) is 0 Å². The summed E-state index contributed by atoms with van der Waals surface area (Å²) in [6.07, 6.45) is 4.18. The lowest BCUT2D eigenvalue weighted by molar-refractivity contribution is -0.151. The molecular formula is C15H17ClN2O2S. The summed E-state index contributed by atoms with van der Waals surface area (Å²) in [7, 11) is 0. The molecule has 0 radical (unpaired) electrons. The summed E-state index contributed by atoms with van der Waals surface area (Å²) in [4.78, 5) is 28.1. The maximum absolute atomic E-state index is 12.8. The van der Waals surface area contributed by atoms with Crippen LogP contribution in [-0.2, 0) is 16.1 Å². The fourth-order valence-electron chi connectivity index (χ4n) is 3.17. The number of hydrogen-bond donors (Lipinski definition) is 1. The number of halogens is 1. The molecule has 1 aromatic rings. The Labute approximate surface area is 132 Å². The predicted molar refractivity (Wildman–Crippen MR) is 81.0 cm³/mol. The first-order chi connectivity index (χ1) is 10.1. The summed E-state index contributed by atoms with van der Waals surface area (Å²) in [6.45, 7) is 0.508. The van der Waals surface area contributed by atoms with Crippen LogP contribution in [0.3, 0.4) is 0 Å². The molecule has 6 heteroatoms. The average Bonchev–Trinajstić information content (AvgIpc) is 3.33. The zero-order valence-electron chi connectivity index (χ0n) is 11.5. The van der Waals surface area contributed by atoms with Crippen LogP contribution in [0.1, 0.15) is 30.6 Å². The Hall–Kier alpha value is -1.07. The van der Waals surface area contributed by atoms with Crippen LogP contribution in [0.2, 0.25) is 4.34 Å². The van der Waals surface area contributed by atoms with Crippen molar-refractivity contribution < 1.29 is 9.59 Å². The number of thiophene rings is 1. The number of nitrogens with zero attached hydrogens (tertiary/aromatic N) is 1. The molecule has 2 aliphatic carbocycles. The fraction of sp³-hybridized carbons (Fsp3) is 0.600. The molecule has 0 bridgehead atoms. The van der Waals surface area contributed by atoms with E-state index >= 15 is 0 Å². The second kappa shape index (κ2) is 4.99. The minimum atomic E-state index is -0.303. The lowest BCUT2D eigenvalue weighted by Crippen LogP contribution is -2.64. The Kier molecular flexibility index (Phi) is 3.23. The standard InChI is InChI=1S/C15H17ClN2O2S/c16-11-6-5-10(21-11)7-18-13(9-3-4-9)14(19)17-12(15(18)20)8-1-2-8/h5-6,8-9,12-13H,1-4,7H2,(H,17,19). The van der Waals surface area contributed by atoms with E-state index in [0.29, 0.717) is 18.4 Å². The molecule has 2 atom stereocenters. The predicted octanol–water partition coefficient (Wildman–Crippen LogP) is 2.42. The van der Waals surface area contributed by atoms with Crippen molar-refractivity contribution in [2.24, 2.45) is 11.8 Å². The molecule has 2 saturated carbocycles. The molecule has 2 unspecified atom stereocenters. The van der Waals surface area contributed by atoms with Gasteiger partial charge in [-0.05, 0) is 49.7 Å². The maximum atomic E-state index is 12.8. The van der Waals surface area contributed by atoms with Gasteiger partial charge in [0, 0.05) is 4.88 Å². The van der Waals surface area contributed by atoms with Gasteiger partial charge in [-0.2, -0.15) is 0 Å². The van der Waals surface area contributed by atoms with Gasteiger partial charge < -0.3 is 10.2 Å². The van der Waals surface area contributed by atoms with Crippen LogP contribution < -0.4 is 5.32 Å². The number of hydrogen-bond acceptors (Lipinski definition) is 3. The highest BCUT2D eigenvalue weighted by Crippen LogP contribution is 2.41. The van der Waals surface area contributed by atoms with Crippen molar-refractivity contribution >= 4 is 34.8 Å². The van der Waals surface area contributed by atoms with Gasteiger partial charge in [-0.25, -0.2) is 0 Å². The van der Waals surface area contributed by atoms with Crippen molar-refractivity contribution in [2.75, 3.05) is 0 Å². The van der Waals surface area contributed by atoms with E-state index in [-0.39, 0.29) is 23.9 Å². The van der Waals surface area contributed by atoms with Gasteiger partial charge in [-0.3, -0.25) is 9.59 Å². The van der Waals surface area contributed by atoms with Gasteiger partial charge in [0.05, 0.1) is 10.9 Å². The second-order valence-electron chi connectivity index (χ2n) is 6.28. The van der Waals surface area contributed by atoms with Crippen molar-refractivity contribution in [1.82, 2.24) is 10.2 Å². The molecular weight excluding hydrogens is 308 g/mol. The Morgan fingerprint density at radius 3 is 2.48 bits per heavy atom. The SMILES string of the molecule is O=C1NC(C2CC2)C(=O)N(Cc2ccc(Cl)s2)C1C1CC1. The molecule has 1 aliphatic heterocycles. The molecule has 2 heterocycles. The smallest absolute Gasteiger partial charge is 0.246 e. The van der Waals surface area contributed by atoms with E-state index in [2.05, 4.69) is 5.32 Å². The van der Waals surface area contributed by atoms with Crippen LogP contribution in [0.25, 0.3) is 0 Å². The van der Waals surface area contributed by atoms with Gasteiger partial charge in [0.2, 0.25) is 11.8 Å². The van der Waals surface area contributed by atoms with Crippen molar-refractivity contribution in [3.05, 3.63) is 21.3 Å². The molecule has 112 valence electrons. The zero-order chi connectivity index (χ0) is 14.6. The lowest BCUT2D eigenvalue weighted by Gasteiger charge is -2.39. The minimum absolute atomic E-state index is 0.0386. The van der Waals surface area contributed by atoms with Gasteiger partial charge in [-0.15, -0.1) is 11.3 Å². The molecule has 1 saturated heterocycles. The van der Waals surface area contributed by atoms with Crippen LogP contribution in [0, 0.1) is 11.8 Å². The van der Waals surface area contributed by atoms with Gasteiger partial charge in [0.15, 0.2) is 0 Å². The second-order valence-corrected chi connectivity index (χ2v) is 8.08. The number of amides is 2. The molecule has 4 rings (SSSR count). The molecule has 3 fully saturated rings. The lowest BCUT2D eigenvalue weighted by atomic mass is 10.0. The van der Waals surface area contributed by atoms with E-state index in [9.17, 15) is 9.59 Å². The van der Waals surface area contributed by atoms with Crippen LogP contribution in [-0.4, -0.2) is 28.8 Å². The van der Waals surface area contributed by atoms with Crippen LogP contribution in [0.15, 0.2) is 12.1 Å². The topological polar surface area (TPSA) is 49.4 Å². The summed E-state index contributed by atoms with van der Waals surface area (Å²) in [5, 5.41) is 2.97. The highest BCUT2D eigenvalue weighted by Gasteiger charge is 2.51. The van der Waals surface area contributed by atoms with E-state index in [1.54, 1.807) is 0 Å². The Balaban J connectivity index is 1.60. The highest BCUT2D eigenvalue weighted by molar-refractivity contribution is 7.16. The molecule has 3 aliphatic rings. The summed E-state index contributed by atoms with van der Waals surface area (Å²) < 4.78 is 0.723. The molecule has 0 aromatic carbocycles. The summed E-state index contributed by atoms with van der Waals surface area (Å²) in [6, 6.07) is 3.21. The summed E-state index contributed by atoms with van der Waals surface area (Å²) in [5.41, 5.74) is 0. The van der Waals surface area contributed by atoms with Gasteiger partial charge in [0.1, 0.15) is 12.1 Å². The third-order valence-electron chi connectivity index (χ3n) is 4.57. The van der Waals surface area contributed by atoms with E-state index in [1.165, 1.54) is 11.3 Å². The van der Waals surface area contributed by atoms with Gasteiger partial charge >= 0.3 is 0 Å². The Morgan fingerprint density at radius 1 is 1.19 bits per heavy atom. The number of nitrogens with one attached hydrogen (secondary N) is 1. The monoisotopic (exact) mass is 324 g/mol. The van der Waals surface area contributed by atoms with E-state index in [0.717, 1.165) is 34.9 Å². The Bertz CT molecular complexity index is 594. The van der Waals surface area contributed by atoms with E-state index < -0.39 is 0 Å². The van der Waals surface area contributed by atoms with Crippen molar-refractivity contribution in [3.63, 3.8) is 0 Å². The number of carbonyl (C=O) groups is 2. The number of carbonyl (C=O) groups excluding carboxylic acids is 2. The van der Waals surface area contributed by atoms with Gasteiger partial charge in [-0.1, -0.05) is 11.6 Å². The van der Waals surface area contributed by atoms with Crippen LogP contribution >= 0.6 is 22.9 Å². The minimum Gasteiger partial charge on any atom is -0.342 e. The van der Waals surface area contributed by atoms with E-state index in [4.69, 9.17) is 11.6 Å². The van der Waals surface area contributed by atoms with Gasteiger partial charge in [0.25, 0.3) is 0 Å². The molecule has 1 aromatic heterocycles. The number of piperazine rings is 1. The molecule has 1 N–H and O–H groups in total. The number of rotatable bonds is 4. The van der Waals surface area contributed by atoms with Crippen LogP contribution in [0.5, 0.6) is 0 Å². The highest BCUT2D eigenvalue weighted by atomic mass is 35.5. The largest absolute Gasteiger partial charge is 0.342 e. The summed E-state index contributed by atoms with van der Waals surface area (Å²) in [5.74, 6) is 0.815. The molecule has 0 spiro atoms. The van der Waals surface area contributed by atoms with Crippen molar-refractivity contribution in [1.29, 1.82) is 0 Å². The molecule has 4 nitrogen and oxygen atoms in total. The average molecular weight is 325 g/mol.